The van der Waals surface area contributed by atoms with E-state index in [4.69, 9.17) is 5.11 Å². The smallest absolute Gasteiger partial charge is 0.305 e. The number of aromatic nitrogens is 2. The lowest BCUT2D eigenvalue weighted by atomic mass is 10.1. The third-order valence-electron chi connectivity index (χ3n) is 2.95. The Balaban J connectivity index is 2.96. The third-order valence-corrected chi connectivity index (χ3v) is 2.95. The molecule has 100 valence electrons. The Morgan fingerprint density at radius 3 is 2.44 bits per heavy atom. The molecule has 0 radical (unpaired) electrons. The summed E-state index contributed by atoms with van der Waals surface area (Å²) in [5.41, 5.74) is 1.88. The second kappa shape index (κ2) is 5.66. The summed E-state index contributed by atoms with van der Waals surface area (Å²) in [7, 11) is 0. The molecule has 0 aliphatic heterocycles. The van der Waals surface area contributed by atoms with Gasteiger partial charge in [0.05, 0.1) is 17.7 Å². The molecule has 0 bridgehead atoms. The van der Waals surface area contributed by atoms with Gasteiger partial charge in [0.15, 0.2) is 0 Å². The number of carboxylic acids is 1. The van der Waals surface area contributed by atoms with Gasteiger partial charge in [0.25, 0.3) is 5.91 Å². The van der Waals surface area contributed by atoms with Crippen molar-refractivity contribution in [1.82, 2.24) is 15.1 Å². The third kappa shape index (κ3) is 2.88. The van der Waals surface area contributed by atoms with Crippen molar-refractivity contribution in [3.8, 4) is 0 Å². The van der Waals surface area contributed by atoms with E-state index >= 15 is 0 Å². The Hall–Kier alpha value is -1.85. The summed E-state index contributed by atoms with van der Waals surface area (Å²) in [6, 6.07) is -0.339. The lowest BCUT2D eigenvalue weighted by Gasteiger charge is -2.27. The molecule has 1 aromatic heterocycles. The van der Waals surface area contributed by atoms with Crippen LogP contribution in [0.5, 0.6) is 0 Å². The molecule has 1 rings (SSSR count). The van der Waals surface area contributed by atoms with Crippen LogP contribution in [0.2, 0.25) is 0 Å². The van der Waals surface area contributed by atoms with E-state index in [-0.39, 0.29) is 18.4 Å². The average molecular weight is 253 g/mol. The molecule has 0 aliphatic rings. The quantitative estimate of drug-likeness (QED) is 0.829. The topological polar surface area (TPSA) is 86.3 Å². The number of aromatic amines is 1. The van der Waals surface area contributed by atoms with Crippen molar-refractivity contribution in [1.29, 1.82) is 0 Å². The zero-order chi connectivity index (χ0) is 13.9. The number of carbonyl (C=O) groups excluding carboxylic acids is 1. The summed E-state index contributed by atoms with van der Waals surface area (Å²) < 4.78 is 0. The highest BCUT2D eigenvalue weighted by atomic mass is 16.4. The first-order valence-electron chi connectivity index (χ1n) is 5.92. The number of nitrogens with zero attached hydrogens (tertiary/aromatic N) is 2. The largest absolute Gasteiger partial charge is 0.481 e. The van der Waals surface area contributed by atoms with Crippen molar-refractivity contribution < 1.29 is 14.7 Å². The molecule has 0 aliphatic carbocycles. The van der Waals surface area contributed by atoms with Crippen LogP contribution in [0.3, 0.4) is 0 Å². The summed E-state index contributed by atoms with van der Waals surface area (Å²) in [5.74, 6) is -1.08. The number of aliphatic carboxylic acids is 1. The van der Waals surface area contributed by atoms with Gasteiger partial charge < -0.3 is 10.0 Å². The monoisotopic (exact) mass is 253 g/mol. The van der Waals surface area contributed by atoms with Crippen LogP contribution >= 0.6 is 0 Å². The predicted octanol–water partition coefficient (Wildman–Crippen LogP) is 1.35. The minimum atomic E-state index is -0.908. The summed E-state index contributed by atoms with van der Waals surface area (Å²) in [6.07, 6.45) is -0.0600. The minimum absolute atomic E-state index is 0.0600. The average Bonchev–Trinajstić information content (AvgIpc) is 2.58. The van der Waals surface area contributed by atoms with Gasteiger partial charge in [-0.05, 0) is 27.7 Å². The van der Waals surface area contributed by atoms with Gasteiger partial charge in [-0.2, -0.15) is 5.10 Å². The maximum atomic E-state index is 12.4. The molecular weight excluding hydrogens is 234 g/mol. The minimum Gasteiger partial charge on any atom is -0.481 e. The molecule has 1 atom stereocenters. The van der Waals surface area contributed by atoms with Gasteiger partial charge in [-0.25, -0.2) is 0 Å². The summed E-state index contributed by atoms with van der Waals surface area (Å²) >= 11 is 0. The first-order chi connectivity index (χ1) is 8.38. The molecule has 0 saturated carbocycles. The highest BCUT2D eigenvalue weighted by Crippen LogP contribution is 2.15. The number of amides is 1. The molecule has 1 amide bonds. The predicted molar refractivity (Wildman–Crippen MR) is 66.5 cm³/mol. The van der Waals surface area contributed by atoms with Crippen molar-refractivity contribution >= 4 is 11.9 Å². The van der Waals surface area contributed by atoms with Crippen LogP contribution in [-0.2, 0) is 4.79 Å². The van der Waals surface area contributed by atoms with E-state index in [2.05, 4.69) is 10.2 Å². The number of nitrogens with one attached hydrogen (secondary N) is 1. The fraction of sp³-hybridized carbons (Fsp3) is 0.583. The molecule has 0 aromatic carbocycles. The normalized spacial score (nSPS) is 12.2. The molecule has 6 heteroatoms. The molecular formula is C12H19N3O3. The maximum Gasteiger partial charge on any atom is 0.305 e. The Labute approximate surface area is 106 Å². The van der Waals surface area contributed by atoms with Gasteiger partial charge in [0, 0.05) is 18.3 Å². The number of rotatable bonds is 5. The van der Waals surface area contributed by atoms with Gasteiger partial charge >= 0.3 is 5.97 Å². The van der Waals surface area contributed by atoms with Crippen LogP contribution in [0.4, 0.5) is 0 Å². The molecule has 0 saturated heterocycles. The second-order valence-corrected chi connectivity index (χ2v) is 4.35. The number of hydrogen-bond donors (Lipinski definition) is 2. The highest BCUT2D eigenvalue weighted by molar-refractivity contribution is 5.96. The fourth-order valence-electron chi connectivity index (χ4n) is 2.03. The molecule has 0 spiro atoms. The number of hydrogen-bond acceptors (Lipinski definition) is 3. The van der Waals surface area contributed by atoms with Crippen LogP contribution in [0.1, 0.15) is 42.0 Å². The van der Waals surface area contributed by atoms with Crippen molar-refractivity contribution in [3.63, 3.8) is 0 Å². The Bertz CT molecular complexity index is 434. The molecule has 0 fully saturated rings. The first-order valence-corrected chi connectivity index (χ1v) is 5.92. The highest BCUT2D eigenvalue weighted by Gasteiger charge is 2.25. The van der Waals surface area contributed by atoms with E-state index in [1.165, 1.54) is 0 Å². The van der Waals surface area contributed by atoms with Crippen LogP contribution in [0.25, 0.3) is 0 Å². The van der Waals surface area contributed by atoms with E-state index < -0.39 is 5.97 Å². The van der Waals surface area contributed by atoms with Crippen LogP contribution in [0.15, 0.2) is 0 Å². The number of H-pyrrole nitrogens is 1. The standard InChI is InChI=1S/C12H19N3O3/c1-5-15(7(2)6-10(16)17)12(18)11-8(3)13-14-9(11)4/h7H,5-6H2,1-4H3,(H,13,14)(H,16,17). The molecule has 6 nitrogen and oxygen atoms in total. The van der Waals surface area contributed by atoms with Crippen molar-refractivity contribution in [2.45, 2.75) is 40.2 Å². The van der Waals surface area contributed by atoms with E-state index in [9.17, 15) is 9.59 Å². The van der Waals surface area contributed by atoms with E-state index in [0.717, 1.165) is 0 Å². The van der Waals surface area contributed by atoms with E-state index in [1.54, 1.807) is 25.7 Å². The number of carbonyl (C=O) groups is 2. The Morgan fingerprint density at radius 2 is 2.06 bits per heavy atom. The SMILES string of the molecule is CCN(C(=O)c1c(C)n[nH]c1C)C(C)CC(=O)O. The lowest BCUT2D eigenvalue weighted by molar-refractivity contribution is -0.138. The molecule has 1 aromatic rings. The summed E-state index contributed by atoms with van der Waals surface area (Å²) in [4.78, 5) is 24.6. The van der Waals surface area contributed by atoms with Gasteiger partial charge in [-0.3, -0.25) is 14.7 Å². The molecule has 18 heavy (non-hydrogen) atoms. The van der Waals surface area contributed by atoms with E-state index in [0.29, 0.717) is 23.5 Å². The van der Waals surface area contributed by atoms with Crippen LogP contribution in [-0.4, -0.2) is 44.7 Å². The molecule has 1 unspecified atom stereocenters. The van der Waals surface area contributed by atoms with Gasteiger partial charge in [0.2, 0.25) is 0 Å². The second-order valence-electron chi connectivity index (χ2n) is 4.35. The van der Waals surface area contributed by atoms with Crippen molar-refractivity contribution in [2.24, 2.45) is 0 Å². The van der Waals surface area contributed by atoms with Crippen LogP contribution in [0, 0.1) is 13.8 Å². The number of carboxylic acid groups (broad SMARTS) is 1. The van der Waals surface area contributed by atoms with Gasteiger partial charge in [-0.15, -0.1) is 0 Å². The zero-order valence-electron chi connectivity index (χ0n) is 11.1. The fourth-order valence-corrected chi connectivity index (χ4v) is 2.03. The van der Waals surface area contributed by atoms with Crippen molar-refractivity contribution in [2.75, 3.05) is 6.54 Å². The van der Waals surface area contributed by atoms with E-state index in [1.807, 2.05) is 6.92 Å². The van der Waals surface area contributed by atoms with Gasteiger partial charge in [0.1, 0.15) is 0 Å². The Morgan fingerprint density at radius 1 is 1.44 bits per heavy atom. The maximum absolute atomic E-state index is 12.4. The summed E-state index contributed by atoms with van der Waals surface area (Å²) in [5, 5.41) is 15.5. The molecule has 1 heterocycles. The Kier molecular flexibility index (Phi) is 4.47. The van der Waals surface area contributed by atoms with Crippen molar-refractivity contribution in [3.05, 3.63) is 17.0 Å². The molecule has 2 N–H and O–H groups in total. The summed E-state index contributed by atoms with van der Waals surface area (Å²) in [6.45, 7) is 7.58. The lowest BCUT2D eigenvalue weighted by Crippen LogP contribution is -2.40. The van der Waals surface area contributed by atoms with Gasteiger partial charge in [-0.1, -0.05) is 0 Å². The van der Waals surface area contributed by atoms with Crippen LogP contribution < -0.4 is 0 Å². The first kappa shape index (κ1) is 14.2. The zero-order valence-corrected chi connectivity index (χ0v) is 11.1. The number of aryl methyl sites for hydroxylation is 2.